The minimum atomic E-state index is -0.121. The highest BCUT2D eigenvalue weighted by Crippen LogP contribution is 2.51. The lowest BCUT2D eigenvalue weighted by Gasteiger charge is -2.43. The molecule has 2 N–H and O–H groups in total. The molecule has 0 radical (unpaired) electrons. The maximum atomic E-state index is 13.2. The maximum Gasteiger partial charge on any atom is 0.123 e. The summed E-state index contributed by atoms with van der Waals surface area (Å²) in [6, 6.07) is 5.36. The molecule has 2 aliphatic rings. The van der Waals surface area contributed by atoms with Gasteiger partial charge in [-0.05, 0) is 42.5 Å². The van der Waals surface area contributed by atoms with Crippen LogP contribution in [-0.2, 0) is 11.8 Å². The smallest absolute Gasteiger partial charge is 0.123 e. The second-order valence-corrected chi connectivity index (χ2v) is 4.62. The van der Waals surface area contributed by atoms with Gasteiger partial charge in [0.05, 0.1) is 0 Å². The molecule has 1 atom stereocenters. The Morgan fingerprint density at radius 1 is 1.36 bits per heavy atom. The number of halogens is 1. The van der Waals surface area contributed by atoms with Crippen LogP contribution in [-0.4, -0.2) is 6.04 Å². The SMILES string of the molecule is NC1Cc2ccc(F)cc2C12CCC2. The first kappa shape index (κ1) is 8.42. The Labute approximate surface area is 83.1 Å². The molecule has 3 rings (SSSR count). The van der Waals surface area contributed by atoms with Gasteiger partial charge in [0.2, 0.25) is 0 Å². The van der Waals surface area contributed by atoms with Crippen molar-refractivity contribution in [3.8, 4) is 0 Å². The van der Waals surface area contributed by atoms with Crippen LogP contribution in [0.5, 0.6) is 0 Å². The fourth-order valence-electron chi connectivity index (χ4n) is 3.02. The standard InChI is InChI=1S/C12H14FN/c13-9-3-2-8-6-11(14)12(4-1-5-12)10(8)7-9/h2-3,7,11H,1,4-6,14H2. The molecule has 74 valence electrons. The molecule has 0 aliphatic heterocycles. The molecule has 0 amide bonds. The third-order valence-electron chi connectivity index (χ3n) is 4.00. The van der Waals surface area contributed by atoms with Crippen LogP contribution in [0.25, 0.3) is 0 Å². The van der Waals surface area contributed by atoms with Crippen LogP contribution in [0, 0.1) is 5.82 Å². The zero-order valence-corrected chi connectivity index (χ0v) is 8.09. The fraction of sp³-hybridized carbons (Fsp3) is 0.500. The number of rotatable bonds is 0. The summed E-state index contributed by atoms with van der Waals surface area (Å²) in [5.74, 6) is -0.121. The van der Waals surface area contributed by atoms with Crippen molar-refractivity contribution in [2.45, 2.75) is 37.1 Å². The average molecular weight is 191 g/mol. The molecular formula is C12H14FN. The Balaban J connectivity index is 2.15. The molecule has 1 nitrogen and oxygen atoms in total. The monoisotopic (exact) mass is 191 g/mol. The zero-order valence-electron chi connectivity index (χ0n) is 8.09. The first-order valence-corrected chi connectivity index (χ1v) is 5.27. The van der Waals surface area contributed by atoms with E-state index >= 15 is 0 Å². The van der Waals surface area contributed by atoms with E-state index in [0.29, 0.717) is 0 Å². The second kappa shape index (κ2) is 2.57. The molecule has 0 saturated heterocycles. The maximum absolute atomic E-state index is 13.2. The fourth-order valence-corrected chi connectivity index (χ4v) is 3.02. The van der Waals surface area contributed by atoms with E-state index in [1.807, 2.05) is 6.07 Å². The normalized spacial score (nSPS) is 27.4. The quantitative estimate of drug-likeness (QED) is 0.668. The van der Waals surface area contributed by atoms with Crippen LogP contribution in [0.1, 0.15) is 30.4 Å². The molecule has 1 unspecified atom stereocenters. The number of hydrogen-bond acceptors (Lipinski definition) is 1. The number of benzene rings is 1. The molecule has 1 saturated carbocycles. The zero-order chi connectivity index (χ0) is 9.76. The van der Waals surface area contributed by atoms with Gasteiger partial charge in [-0.2, -0.15) is 0 Å². The van der Waals surface area contributed by atoms with Crippen molar-refractivity contribution in [1.29, 1.82) is 0 Å². The highest BCUT2D eigenvalue weighted by molar-refractivity contribution is 5.44. The van der Waals surface area contributed by atoms with E-state index in [2.05, 4.69) is 0 Å². The summed E-state index contributed by atoms with van der Waals surface area (Å²) in [6.45, 7) is 0. The predicted octanol–water partition coefficient (Wildman–Crippen LogP) is 2.13. The molecule has 14 heavy (non-hydrogen) atoms. The Bertz CT molecular complexity index is 382. The van der Waals surface area contributed by atoms with E-state index in [1.54, 1.807) is 12.1 Å². The number of fused-ring (bicyclic) bond motifs is 2. The summed E-state index contributed by atoms with van der Waals surface area (Å²) < 4.78 is 13.2. The molecule has 0 bridgehead atoms. The van der Waals surface area contributed by atoms with Gasteiger partial charge in [0.1, 0.15) is 5.82 Å². The van der Waals surface area contributed by atoms with Crippen molar-refractivity contribution in [3.05, 3.63) is 35.1 Å². The summed E-state index contributed by atoms with van der Waals surface area (Å²) in [6.07, 6.45) is 4.45. The summed E-state index contributed by atoms with van der Waals surface area (Å²) >= 11 is 0. The van der Waals surface area contributed by atoms with Gasteiger partial charge >= 0.3 is 0 Å². The first-order chi connectivity index (χ1) is 6.72. The van der Waals surface area contributed by atoms with Crippen LogP contribution in [0.4, 0.5) is 4.39 Å². The van der Waals surface area contributed by atoms with Gasteiger partial charge in [0.25, 0.3) is 0 Å². The first-order valence-electron chi connectivity index (χ1n) is 5.27. The Morgan fingerprint density at radius 3 is 2.79 bits per heavy atom. The molecule has 0 aromatic heterocycles. The molecule has 1 fully saturated rings. The van der Waals surface area contributed by atoms with Crippen LogP contribution in [0.2, 0.25) is 0 Å². The van der Waals surface area contributed by atoms with Crippen molar-refractivity contribution in [2.75, 3.05) is 0 Å². The highest BCUT2D eigenvalue weighted by Gasteiger charge is 2.49. The third-order valence-corrected chi connectivity index (χ3v) is 4.00. The molecular weight excluding hydrogens is 177 g/mol. The van der Waals surface area contributed by atoms with Gasteiger partial charge in [0, 0.05) is 11.5 Å². The van der Waals surface area contributed by atoms with Crippen molar-refractivity contribution in [2.24, 2.45) is 5.73 Å². The third kappa shape index (κ3) is 0.871. The van der Waals surface area contributed by atoms with Crippen molar-refractivity contribution < 1.29 is 4.39 Å². The topological polar surface area (TPSA) is 26.0 Å². The number of hydrogen-bond donors (Lipinski definition) is 1. The lowest BCUT2D eigenvalue weighted by molar-refractivity contribution is 0.213. The summed E-state index contributed by atoms with van der Waals surface area (Å²) in [5.41, 5.74) is 8.74. The van der Waals surface area contributed by atoms with Crippen LogP contribution in [0.3, 0.4) is 0 Å². The molecule has 0 heterocycles. The van der Waals surface area contributed by atoms with Crippen LogP contribution >= 0.6 is 0 Å². The van der Waals surface area contributed by atoms with Gasteiger partial charge in [-0.15, -0.1) is 0 Å². The van der Waals surface area contributed by atoms with Crippen molar-refractivity contribution in [1.82, 2.24) is 0 Å². The van der Waals surface area contributed by atoms with Crippen molar-refractivity contribution in [3.63, 3.8) is 0 Å². The lowest BCUT2D eigenvalue weighted by Crippen LogP contribution is -2.47. The highest BCUT2D eigenvalue weighted by atomic mass is 19.1. The molecule has 1 aromatic rings. The summed E-state index contributed by atoms with van der Waals surface area (Å²) in [4.78, 5) is 0. The van der Waals surface area contributed by atoms with Crippen LogP contribution in [0.15, 0.2) is 18.2 Å². The average Bonchev–Trinajstić information content (AvgIpc) is 2.35. The van der Waals surface area contributed by atoms with E-state index in [-0.39, 0.29) is 17.3 Å². The van der Waals surface area contributed by atoms with Crippen LogP contribution < -0.4 is 5.73 Å². The lowest BCUT2D eigenvalue weighted by atomic mass is 9.63. The minimum Gasteiger partial charge on any atom is -0.327 e. The molecule has 2 aliphatic carbocycles. The molecule has 2 heteroatoms. The minimum absolute atomic E-state index is 0.121. The van der Waals surface area contributed by atoms with Gasteiger partial charge in [-0.25, -0.2) is 4.39 Å². The van der Waals surface area contributed by atoms with E-state index in [4.69, 9.17) is 5.73 Å². The van der Waals surface area contributed by atoms with Gasteiger partial charge in [-0.3, -0.25) is 0 Å². The number of nitrogens with two attached hydrogens (primary N) is 1. The Hall–Kier alpha value is -0.890. The summed E-state index contributed by atoms with van der Waals surface area (Å²) in [7, 11) is 0. The van der Waals surface area contributed by atoms with Gasteiger partial charge in [0.15, 0.2) is 0 Å². The predicted molar refractivity (Wildman–Crippen MR) is 53.6 cm³/mol. The van der Waals surface area contributed by atoms with Crippen molar-refractivity contribution >= 4 is 0 Å². The molecule has 1 aromatic carbocycles. The van der Waals surface area contributed by atoms with Gasteiger partial charge in [-0.1, -0.05) is 12.5 Å². The summed E-state index contributed by atoms with van der Waals surface area (Å²) in [5, 5.41) is 0. The largest absolute Gasteiger partial charge is 0.327 e. The van der Waals surface area contributed by atoms with E-state index in [0.717, 1.165) is 19.3 Å². The van der Waals surface area contributed by atoms with E-state index < -0.39 is 0 Å². The van der Waals surface area contributed by atoms with E-state index in [9.17, 15) is 4.39 Å². The van der Waals surface area contributed by atoms with E-state index in [1.165, 1.54) is 17.5 Å². The molecule has 1 spiro atoms. The Morgan fingerprint density at radius 2 is 2.14 bits per heavy atom. The Kier molecular flexibility index (Phi) is 1.55. The second-order valence-electron chi connectivity index (χ2n) is 4.62. The van der Waals surface area contributed by atoms with Gasteiger partial charge < -0.3 is 5.73 Å².